The number of nitrogens with zero attached hydrogens (tertiary/aromatic N) is 1. The molecule has 1 unspecified atom stereocenters. The monoisotopic (exact) mass is 219 g/mol. The Hall–Kier alpha value is -2.37. The fraction of sp³-hybridized carbons (Fsp3) is 0.100. The van der Waals surface area contributed by atoms with Gasteiger partial charge in [-0.2, -0.15) is 5.10 Å². The average Bonchev–Trinajstić information content (AvgIpc) is 2.74. The van der Waals surface area contributed by atoms with Crippen LogP contribution in [0.1, 0.15) is 17.5 Å². The topological polar surface area (TPSA) is 87.8 Å². The lowest BCUT2D eigenvalue weighted by atomic mass is 10.1. The molecule has 0 bridgehead atoms. The van der Waals surface area contributed by atoms with E-state index >= 15 is 0 Å². The van der Waals surface area contributed by atoms with Gasteiger partial charge in [-0.3, -0.25) is 9.78 Å². The molecule has 6 heteroatoms. The van der Waals surface area contributed by atoms with Crippen LogP contribution in [0.5, 0.6) is 0 Å². The molecule has 1 atom stereocenters. The summed E-state index contributed by atoms with van der Waals surface area (Å²) in [6.07, 6.45) is -0.697. The highest BCUT2D eigenvalue weighted by Gasteiger charge is 2.18. The first-order valence-corrected chi connectivity index (χ1v) is 4.60. The number of carbonyl (C=O) groups excluding carboxylic acids is 1. The second kappa shape index (κ2) is 4.43. The minimum Gasteiger partial charge on any atom is -0.451 e. The van der Waals surface area contributed by atoms with Crippen LogP contribution in [0, 0.1) is 0 Å². The highest BCUT2D eigenvalue weighted by atomic mass is 16.5. The molecule has 1 heterocycles. The standard InChI is InChI=1S/C10H9N3O3/c14-6-16-8(7-4-2-1-3-5-7)9-11-10(15)13-12-9/h1-6,8H,(H2,11,12,13,15). The van der Waals surface area contributed by atoms with Crippen molar-refractivity contribution in [2.75, 3.05) is 0 Å². The molecule has 0 spiro atoms. The maximum Gasteiger partial charge on any atom is 0.340 e. The SMILES string of the molecule is O=COC(c1ccccc1)c1n[nH]c(=O)[nH]1. The van der Waals surface area contributed by atoms with Crippen molar-refractivity contribution in [3.63, 3.8) is 0 Å². The van der Waals surface area contributed by atoms with Crippen molar-refractivity contribution >= 4 is 6.47 Å². The van der Waals surface area contributed by atoms with E-state index in [1.165, 1.54) is 0 Å². The first-order valence-electron chi connectivity index (χ1n) is 4.60. The summed E-state index contributed by atoms with van der Waals surface area (Å²) in [5, 5.41) is 5.95. The number of carbonyl (C=O) groups is 1. The third-order valence-electron chi connectivity index (χ3n) is 2.06. The summed E-state index contributed by atoms with van der Waals surface area (Å²) < 4.78 is 4.89. The van der Waals surface area contributed by atoms with Gasteiger partial charge in [-0.15, -0.1) is 0 Å². The molecule has 0 amide bonds. The zero-order valence-electron chi connectivity index (χ0n) is 8.21. The number of rotatable bonds is 4. The summed E-state index contributed by atoms with van der Waals surface area (Å²) in [7, 11) is 0. The number of H-pyrrole nitrogens is 2. The molecule has 2 aromatic rings. The van der Waals surface area contributed by atoms with E-state index in [1.54, 1.807) is 24.3 Å². The predicted octanol–water partition coefficient (Wildman–Crippen LogP) is 0.360. The van der Waals surface area contributed by atoms with Crippen LogP contribution in [0.25, 0.3) is 0 Å². The van der Waals surface area contributed by atoms with Crippen molar-refractivity contribution in [1.29, 1.82) is 0 Å². The number of benzene rings is 1. The number of aromatic amines is 2. The van der Waals surface area contributed by atoms with Crippen molar-refractivity contribution < 1.29 is 9.53 Å². The van der Waals surface area contributed by atoms with E-state index in [9.17, 15) is 9.59 Å². The van der Waals surface area contributed by atoms with Crippen LogP contribution in [0.3, 0.4) is 0 Å². The van der Waals surface area contributed by atoms with Gasteiger partial charge < -0.3 is 4.74 Å². The van der Waals surface area contributed by atoms with Gasteiger partial charge in [0.1, 0.15) is 0 Å². The second-order valence-corrected chi connectivity index (χ2v) is 3.09. The Morgan fingerprint density at radius 1 is 1.31 bits per heavy atom. The van der Waals surface area contributed by atoms with Crippen molar-refractivity contribution in [3.05, 3.63) is 52.2 Å². The van der Waals surface area contributed by atoms with Gasteiger partial charge in [-0.25, -0.2) is 9.89 Å². The fourth-order valence-corrected chi connectivity index (χ4v) is 1.39. The number of hydrogen-bond donors (Lipinski definition) is 2. The lowest BCUT2D eigenvalue weighted by Gasteiger charge is -2.11. The van der Waals surface area contributed by atoms with Crippen LogP contribution in [-0.2, 0) is 9.53 Å². The lowest BCUT2D eigenvalue weighted by Crippen LogP contribution is -2.09. The minimum atomic E-state index is -0.697. The van der Waals surface area contributed by atoms with Gasteiger partial charge >= 0.3 is 5.69 Å². The van der Waals surface area contributed by atoms with Crippen LogP contribution >= 0.6 is 0 Å². The van der Waals surface area contributed by atoms with Gasteiger partial charge in [0.25, 0.3) is 6.47 Å². The summed E-state index contributed by atoms with van der Waals surface area (Å²) in [4.78, 5) is 23.8. The summed E-state index contributed by atoms with van der Waals surface area (Å²) in [6, 6.07) is 9.01. The predicted molar refractivity (Wildman–Crippen MR) is 54.6 cm³/mol. The lowest BCUT2D eigenvalue weighted by molar-refractivity contribution is -0.132. The van der Waals surface area contributed by atoms with Crippen LogP contribution in [0.2, 0.25) is 0 Å². The normalized spacial score (nSPS) is 12.0. The Morgan fingerprint density at radius 3 is 2.62 bits per heavy atom. The van der Waals surface area contributed by atoms with Crippen molar-refractivity contribution in [2.45, 2.75) is 6.10 Å². The molecule has 0 radical (unpaired) electrons. The van der Waals surface area contributed by atoms with Gasteiger partial charge in [0, 0.05) is 5.56 Å². The summed E-state index contributed by atoms with van der Waals surface area (Å²) in [5.41, 5.74) is 0.294. The van der Waals surface area contributed by atoms with E-state index in [1.807, 2.05) is 6.07 Å². The van der Waals surface area contributed by atoms with Gasteiger partial charge in [0.05, 0.1) is 0 Å². The van der Waals surface area contributed by atoms with E-state index in [0.717, 1.165) is 5.56 Å². The van der Waals surface area contributed by atoms with Crippen LogP contribution < -0.4 is 5.69 Å². The molecule has 6 nitrogen and oxygen atoms in total. The van der Waals surface area contributed by atoms with E-state index in [4.69, 9.17) is 4.74 Å². The first kappa shape index (κ1) is 10.2. The summed E-state index contributed by atoms with van der Waals surface area (Å²) >= 11 is 0. The molecule has 0 aliphatic carbocycles. The Labute approximate surface area is 90.3 Å². The van der Waals surface area contributed by atoms with Gasteiger partial charge in [0.2, 0.25) is 0 Å². The van der Waals surface area contributed by atoms with E-state index in [2.05, 4.69) is 15.2 Å². The second-order valence-electron chi connectivity index (χ2n) is 3.09. The van der Waals surface area contributed by atoms with Crippen molar-refractivity contribution in [2.24, 2.45) is 0 Å². The summed E-state index contributed by atoms with van der Waals surface area (Å²) in [5.74, 6) is 0.267. The summed E-state index contributed by atoms with van der Waals surface area (Å²) in [6.45, 7) is 0.324. The molecule has 0 aliphatic heterocycles. The quantitative estimate of drug-likeness (QED) is 0.727. The molecule has 2 rings (SSSR count). The van der Waals surface area contributed by atoms with Gasteiger partial charge in [0.15, 0.2) is 11.9 Å². The van der Waals surface area contributed by atoms with E-state index < -0.39 is 11.8 Å². The first-order chi connectivity index (χ1) is 7.81. The third kappa shape index (κ3) is 2.00. The minimum absolute atomic E-state index is 0.267. The molecule has 0 aliphatic rings. The van der Waals surface area contributed by atoms with Gasteiger partial charge in [-0.05, 0) is 0 Å². The zero-order valence-corrected chi connectivity index (χ0v) is 8.21. The molecule has 1 aromatic heterocycles. The van der Waals surface area contributed by atoms with E-state index in [0.29, 0.717) is 6.47 Å². The Morgan fingerprint density at radius 2 is 2.06 bits per heavy atom. The fourth-order valence-electron chi connectivity index (χ4n) is 1.39. The average molecular weight is 219 g/mol. The molecule has 2 N–H and O–H groups in total. The van der Waals surface area contributed by atoms with Crippen LogP contribution in [0.4, 0.5) is 0 Å². The van der Waals surface area contributed by atoms with Crippen LogP contribution in [0.15, 0.2) is 35.1 Å². The number of ether oxygens (including phenoxy) is 1. The van der Waals surface area contributed by atoms with Crippen molar-refractivity contribution in [3.8, 4) is 0 Å². The number of nitrogens with one attached hydrogen (secondary N) is 2. The highest BCUT2D eigenvalue weighted by Crippen LogP contribution is 2.20. The largest absolute Gasteiger partial charge is 0.451 e. The van der Waals surface area contributed by atoms with E-state index in [-0.39, 0.29) is 5.82 Å². The Balaban J connectivity index is 2.38. The van der Waals surface area contributed by atoms with Crippen molar-refractivity contribution in [1.82, 2.24) is 15.2 Å². The number of aromatic nitrogens is 3. The molecule has 0 saturated heterocycles. The maximum absolute atomic E-state index is 10.9. The molecular weight excluding hydrogens is 210 g/mol. The zero-order chi connectivity index (χ0) is 11.4. The van der Waals surface area contributed by atoms with Crippen LogP contribution in [-0.4, -0.2) is 21.7 Å². The number of hydrogen-bond acceptors (Lipinski definition) is 4. The molecule has 0 saturated carbocycles. The maximum atomic E-state index is 10.9. The molecule has 16 heavy (non-hydrogen) atoms. The highest BCUT2D eigenvalue weighted by molar-refractivity contribution is 5.40. The Kier molecular flexibility index (Phi) is 2.81. The smallest absolute Gasteiger partial charge is 0.340 e. The molecular formula is C10H9N3O3. The molecule has 1 aromatic carbocycles. The molecule has 82 valence electrons. The molecule has 0 fully saturated rings. The Bertz CT molecular complexity index is 517. The third-order valence-corrected chi connectivity index (χ3v) is 2.06. The van der Waals surface area contributed by atoms with Gasteiger partial charge in [-0.1, -0.05) is 30.3 Å².